The Kier molecular flexibility index (Phi) is 4.75. The van der Waals surface area contributed by atoms with Gasteiger partial charge in [0.05, 0.1) is 23.8 Å². The number of alkyl halides is 3. The summed E-state index contributed by atoms with van der Waals surface area (Å²) in [6, 6.07) is 5.17. The van der Waals surface area contributed by atoms with Crippen molar-refractivity contribution in [1.29, 1.82) is 5.26 Å². The summed E-state index contributed by atoms with van der Waals surface area (Å²) in [5.41, 5.74) is -0.0131. The normalized spacial score (nSPS) is 10.7. The van der Waals surface area contributed by atoms with Crippen LogP contribution in [0.4, 0.5) is 13.2 Å². The molecule has 0 aliphatic carbocycles. The van der Waals surface area contributed by atoms with Crippen LogP contribution in [0.3, 0.4) is 0 Å². The van der Waals surface area contributed by atoms with E-state index in [1.807, 2.05) is 0 Å². The van der Waals surface area contributed by atoms with E-state index in [-0.39, 0.29) is 23.5 Å². The fourth-order valence-corrected chi connectivity index (χ4v) is 1.24. The van der Waals surface area contributed by atoms with Crippen LogP contribution in [-0.2, 0) is 4.74 Å². The maximum absolute atomic E-state index is 12.0. The highest BCUT2D eigenvalue weighted by atomic mass is 19.4. The number of esters is 1. The first kappa shape index (κ1) is 14.8. The van der Waals surface area contributed by atoms with Gasteiger partial charge in [0.15, 0.2) is 6.61 Å². The van der Waals surface area contributed by atoms with Crippen LogP contribution in [0.5, 0.6) is 5.75 Å². The summed E-state index contributed by atoms with van der Waals surface area (Å²) < 4.78 is 45.3. The first-order chi connectivity index (χ1) is 8.85. The maximum atomic E-state index is 12.0. The SMILES string of the molecule is CCOC(=O)c1cc(C#N)cc(OCC(F)(F)F)c1. The fraction of sp³-hybridized carbons (Fsp3) is 0.333. The number of benzene rings is 1. The van der Waals surface area contributed by atoms with Crippen molar-refractivity contribution in [2.24, 2.45) is 0 Å². The highest BCUT2D eigenvalue weighted by Crippen LogP contribution is 2.21. The van der Waals surface area contributed by atoms with Gasteiger partial charge in [0.25, 0.3) is 0 Å². The molecule has 0 saturated heterocycles. The standard InChI is InChI=1S/C12H10F3NO3/c1-2-18-11(17)9-3-8(6-16)4-10(5-9)19-7-12(13,14)15/h3-5H,2,7H2,1H3. The molecule has 0 aromatic heterocycles. The van der Waals surface area contributed by atoms with Crippen LogP contribution in [0, 0.1) is 11.3 Å². The van der Waals surface area contributed by atoms with E-state index in [1.165, 1.54) is 6.07 Å². The van der Waals surface area contributed by atoms with Crippen LogP contribution in [-0.4, -0.2) is 25.4 Å². The van der Waals surface area contributed by atoms with Crippen LogP contribution in [0.1, 0.15) is 22.8 Å². The minimum Gasteiger partial charge on any atom is -0.484 e. The second-order valence-electron chi connectivity index (χ2n) is 3.48. The minimum atomic E-state index is -4.49. The molecule has 19 heavy (non-hydrogen) atoms. The van der Waals surface area contributed by atoms with Gasteiger partial charge < -0.3 is 9.47 Å². The summed E-state index contributed by atoms with van der Waals surface area (Å²) in [5, 5.41) is 8.75. The third kappa shape index (κ3) is 4.87. The van der Waals surface area contributed by atoms with E-state index in [0.29, 0.717) is 0 Å². The summed E-state index contributed by atoms with van der Waals surface area (Å²) in [6.07, 6.45) is -4.49. The van der Waals surface area contributed by atoms with Gasteiger partial charge in [0, 0.05) is 0 Å². The van der Waals surface area contributed by atoms with Gasteiger partial charge in [-0.3, -0.25) is 0 Å². The Morgan fingerprint density at radius 3 is 2.58 bits per heavy atom. The number of carbonyl (C=O) groups excluding carboxylic acids is 1. The van der Waals surface area contributed by atoms with Gasteiger partial charge in [-0.15, -0.1) is 0 Å². The Hall–Kier alpha value is -2.23. The van der Waals surface area contributed by atoms with E-state index in [1.54, 1.807) is 13.0 Å². The van der Waals surface area contributed by atoms with Gasteiger partial charge in [-0.05, 0) is 25.1 Å². The molecule has 1 rings (SSSR count). The lowest BCUT2D eigenvalue weighted by atomic mass is 10.1. The van der Waals surface area contributed by atoms with Crippen molar-refractivity contribution in [1.82, 2.24) is 0 Å². The molecule has 102 valence electrons. The van der Waals surface area contributed by atoms with Crippen molar-refractivity contribution in [2.45, 2.75) is 13.1 Å². The first-order valence-electron chi connectivity index (χ1n) is 5.27. The maximum Gasteiger partial charge on any atom is 0.422 e. The number of hydrogen-bond acceptors (Lipinski definition) is 4. The molecule has 0 radical (unpaired) electrons. The van der Waals surface area contributed by atoms with E-state index in [4.69, 9.17) is 10.00 Å². The highest BCUT2D eigenvalue weighted by molar-refractivity contribution is 5.90. The van der Waals surface area contributed by atoms with Gasteiger partial charge in [-0.1, -0.05) is 0 Å². The first-order valence-corrected chi connectivity index (χ1v) is 5.27. The Morgan fingerprint density at radius 1 is 1.37 bits per heavy atom. The zero-order valence-electron chi connectivity index (χ0n) is 9.95. The van der Waals surface area contributed by atoms with E-state index >= 15 is 0 Å². The number of halogens is 3. The summed E-state index contributed by atoms with van der Waals surface area (Å²) >= 11 is 0. The van der Waals surface area contributed by atoms with Crippen molar-refractivity contribution in [3.05, 3.63) is 29.3 Å². The van der Waals surface area contributed by atoms with Crippen molar-refractivity contribution < 1.29 is 27.4 Å². The zero-order valence-corrected chi connectivity index (χ0v) is 9.95. The van der Waals surface area contributed by atoms with Crippen molar-refractivity contribution in [2.75, 3.05) is 13.2 Å². The van der Waals surface area contributed by atoms with Gasteiger partial charge in [0.1, 0.15) is 5.75 Å². The molecule has 1 aromatic rings. The summed E-state index contributed by atoms with van der Waals surface area (Å²) in [4.78, 5) is 11.5. The quantitative estimate of drug-likeness (QED) is 0.791. The van der Waals surface area contributed by atoms with Gasteiger partial charge >= 0.3 is 12.1 Å². The van der Waals surface area contributed by atoms with Crippen LogP contribution >= 0.6 is 0 Å². The molecular formula is C12H10F3NO3. The predicted molar refractivity (Wildman–Crippen MR) is 58.7 cm³/mol. The molecule has 0 heterocycles. The van der Waals surface area contributed by atoms with E-state index in [9.17, 15) is 18.0 Å². The Bertz CT molecular complexity index is 506. The molecular weight excluding hydrogens is 263 g/mol. The molecule has 0 aliphatic heterocycles. The molecule has 0 spiro atoms. The van der Waals surface area contributed by atoms with E-state index in [2.05, 4.69) is 4.74 Å². The second kappa shape index (κ2) is 6.09. The Balaban J connectivity index is 2.96. The Labute approximate surface area is 107 Å². The van der Waals surface area contributed by atoms with Gasteiger partial charge in [0.2, 0.25) is 0 Å². The number of nitrogens with zero attached hydrogens (tertiary/aromatic N) is 1. The molecule has 0 saturated carbocycles. The average Bonchev–Trinajstić information content (AvgIpc) is 2.35. The van der Waals surface area contributed by atoms with Crippen molar-refractivity contribution in [3.8, 4) is 11.8 Å². The third-order valence-corrected chi connectivity index (χ3v) is 1.95. The lowest BCUT2D eigenvalue weighted by molar-refractivity contribution is -0.153. The lowest BCUT2D eigenvalue weighted by Crippen LogP contribution is -2.19. The minimum absolute atomic E-state index is 0.0164. The molecule has 0 amide bonds. The fourth-order valence-electron chi connectivity index (χ4n) is 1.24. The molecule has 0 fully saturated rings. The summed E-state index contributed by atoms with van der Waals surface area (Å²) in [7, 11) is 0. The van der Waals surface area contributed by atoms with E-state index in [0.717, 1.165) is 12.1 Å². The smallest absolute Gasteiger partial charge is 0.422 e. The van der Waals surface area contributed by atoms with E-state index < -0.39 is 18.8 Å². The second-order valence-corrected chi connectivity index (χ2v) is 3.48. The van der Waals surface area contributed by atoms with Crippen LogP contribution < -0.4 is 4.74 Å². The lowest BCUT2D eigenvalue weighted by Gasteiger charge is -2.10. The summed E-state index contributed by atoms with van der Waals surface area (Å²) in [5.74, 6) is -0.934. The molecule has 0 N–H and O–H groups in total. The third-order valence-electron chi connectivity index (χ3n) is 1.95. The van der Waals surface area contributed by atoms with Crippen molar-refractivity contribution in [3.63, 3.8) is 0 Å². The molecule has 0 unspecified atom stereocenters. The molecule has 0 aliphatic rings. The average molecular weight is 273 g/mol. The number of rotatable bonds is 4. The van der Waals surface area contributed by atoms with Crippen LogP contribution in [0.25, 0.3) is 0 Å². The topological polar surface area (TPSA) is 59.3 Å². The monoisotopic (exact) mass is 273 g/mol. The predicted octanol–water partition coefficient (Wildman–Crippen LogP) is 2.68. The number of carbonyl (C=O) groups is 1. The molecule has 0 atom stereocenters. The largest absolute Gasteiger partial charge is 0.484 e. The Morgan fingerprint density at radius 2 is 2.05 bits per heavy atom. The molecule has 7 heteroatoms. The van der Waals surface area contributed by atoms with Crippen LogP contribution in [0.2, 0.25) is 0 Å². The highest BCUT2D eigenvalue weighted by Gasteiger charge is 2.28. The van der Waals surface area contributed by atoms with Gasteiger partial charge in [-0.2, -0.15) is 18.4 Å². The van der Waals surface area contributed by atoms with Crippen molar-refractivity contribution >= 4 is 5.97 Å². The molecule has 4 nitrogen and oxygen atoms in total. The van der Waals surface area contributed by atoms with Crippen LogP contribution in [0.15, 0.2) is 18.2 Å². The summed E-state index contributed by atoms with van der Waals surface area (Å²) in [6.45, 7) is 0.214. The zero-order chi connectivity index (χ0) is 14.5. The molecule has 1 aromatic carbocycles. The number of ether oxygens (including phenoxy) is 2. The number of hydrogen-bond donors (Lipinski definition) is 0. The number of nitriles is 1. The molecule has 0 bridgehead atoms. The van der Waals surface area contributed by atoms with Gasteiger partial charge in [-0.25, -0.2) is 4.79 Å².